The van der Waals surface area contributed by atoms with Crippen LogP contribution in [0, 0.1) is 0 Å². The molecular formula is C12H17NO4. The number of rotatable bonds is 5. The fourth-order valence-corrected chi connectivity index (χ4v) is 2.08. The van der Waals surface area contributed by atoms with Gasteiger partial charge < -0.3 is 13.9 Å². The highest BCUT2D eigenvalue weighted by molar-refractivity contribution is 5.88. The Labute approximate surface area is 100 Å². The van der Waals surface area contributed by atoms with E-state index in [1.165, 1.54) is 6.39 Å². The molecule has 1 fully saturated rings. The standard InChI is InChI=1S/C12H17NO4/c1-3-16-11(14)10-9(17-8-13-10)7-12(15-2)5-4-6-12/h8H,3-7H2,1-2H3. The molecule has 1 aromatic heterocycles. The average Bonchev–Trinajstić information content (AvgIpc) is 2.71. The lowest BCUT2D eigenvalue weighted by molar-refractivity contribution is -0.0739. The summed E-state index contributed by atoms with van der Waals surface area (Å²) in [4.78, 5) is 15.5. The van der Waals surface area contributed by atoms with Crippen molar-refractivity contribution in [3.05, 3.63) is 17.8 Å². The number of ether oxygens (including phenoxy) is 2. The minimum Gasteiger partial charge on any atom is -0.461 e. The second-order valence-corrected chi connectivity index (χ2v) is 4.26. The van der Waals surface area contributed by atoms with Crippen LogP contribution >= 0.6 is 0 Å². The highest BCUT2D eigenvalue weighted by Crippen LogP contribution is 2.38. The van der Waals surface area contributed by atoms with E-state index in [2.05, 4.69) is 4.98 Å². The molecular weight excluding hydrogens is 222 g/mol. The first-order valence-corrected chi connectivity index (χ1v) is 5.85. The first-order chi connectivity index (χ1) is 8.21. The number of aromatic nitrogens is 1. The molecule has 0 aliphatic heterocycles. The molecule has 5 heteroatoms. The summed E-state index contributed by atoms with van der Waals surface area (Å²) in [5.41, 5.74) is 0.0935. The Kier molecular flexibility index (Phi) is 3.47. The second-order valence-electron chi connectivity index (χ2n) is 4.26. The van der Waals surface area contributed by atoms with Crippen molar-refractivity contribution in [2.24, 2.45) is 0 Å². The van der Waals surface area contributed by atoms with Gasteiger partial charge in [0.25, 0.3) is 0 Å². The van der Waals surface area contributed by atoms with Crippen molar-refractivity contribution in [3.63, 3.8) is 0 Å². The lowest BCUT2D eigenvalue weighted by Crippen LogP contribution is -2.41. The maximum absolute atomic E-state index is 11.6. The lowest BCUT2D eigenvalue weighted by atomic mass is 9.77. The lowest BCUT2D eigenvalue weighted by Gasteiger charge is -2.39. The molecule has 0 aromatic carbocycles. The minimum atomic E-state index is -0.429. The molecule has 94 valence electrons. The molecule has 5 nitrogen and oxygen atoms in total. The zero-order valence-corrected chi connectivity index (χ0v) is 10.2. The molecule has 1 saturated carbocycles. The zero-order chi connectivity index (χ0) is 12.3. The van der Waals surface area contributed by atoms with Gasteiger partial charge >= 0.3 is 5.97 Å². The molecule has 0 bridgehead atoms. The Hall–Kier alpha value is -1.36. The molecule has 0 saturated heterocycles. The van der Waals surface area contributed by atoms with Crippen molar-refractivity contribution in [2.45, 2.75) is 38.2 Å². The molecule has 0 amide bonds. The first-order valence-electron chi connectivity index (χ1n) is 5.85. The van der Waals surface area contributed by atoms with Crippen LogP contribution in [0.3, 0.4) is 0 Å². The third-order valence-electron chi connectivity index (χ3n) is 3.29. The van der Waals surface area contributed by atoms with Crippen LogP contribution in [0.25, 0.3) is 0 Å². The van der Waals surface area contributed by atoms with E-state index in [-0.39, 0.29) is 11.3 Å². The molecule has 0 unspecified atom stereocenters. The third kappa shape index (κ3) is 2.34. The molecule has 0 radical (unpaired) electrons. The molecule has 1 aromatic rings. The highest BCUT2D eigenvalue weighted by atomic mass is 16.5. The summed E-state index contributed by atoms with van der Waals surface area (Å²) in [6.45, 7) is 2.10. The van der Waals surface area contributed by atoms with Gasteiger partial charge in [0.1, 0.15) is 5.76 Å². The van der Waals surface area contributed by atoms with Crippen LogP contribution in [0.4, 0.5) is 0 Å². The van der Waals surface area contributed by atoms with Gasteiger partial charge in [-0.1, -0.05) is 0 Å². The number of nitrogens with zero attached hydrogens (tertiary/aromatic N) is 1. The van der Waals surface area contributed by atoms with Gasteiger partial charge in [-0.25, -0.2) is 9.78 Å². The van der Waals surface area contributed by atoms with E-state index in [1.54, 1.807) is 14.0 Å². The molecule has 1 heterocycles. The second kappa shape index (κ2) is 4.87. The summed E-state index contributed by atoms with van der Waals surface area (Å²) in [6, 6.07) is 0. The van der Waals surface area contributed by atoms with Gasteiger partial charge in [-0.05, 0) is 26.2 Å². The minimum absolute atomic E-state index is 0.180. The predicted molar refractivity (Wildman–Crippen MR) is 59.8 cm³/mol. The third-order valence-corrected chi connectivity index (χ3v) is 3.29. The van der Waals surface area contributed by atoms with Gasteiger partial charge in [0.15, 0.2) is 12.1 Å². The topological polar surface area (TPSA) is 61.6 Å². The van der Waals surface area contributed by atoms with E-state index in [0.717, 1.165) is 19.3 Å². The average molecular weight is 239 g/mol. The molecule has 17 heavy (non-hydrogen) atoms. The fourth-order valence-electron chi connectivity index (χ4n) is 2.08. The van der Waals surface area contributed by atoms with Crippen molar-refractivity contribution >= 4 is 5.97 Å². The highest BCUT2D eigenvalue weighted by Gasteiger charge is 2.39. The Balaban J connectivity index is 2.11. The van der Waals surface area contributed by atoms with E-state index >= 15 is 0 Å². The number of hydrogen-bond donors (Lipinski definition) is 0. The molecule has 0 atom stereocenters. The molecule has 0 N–H and O–H groups in total. The van der Waals surface area contributed by atoms with Gasteiger partial charge in [0.05, 0.1) is 12.2 Å². The van der Waals surface area contributed by atoms with Crippen LogP contribution in [0.15, 0.2) is 10.8 Å². The number of methoxy groups -OCH3 is 1. The van der Waals surface area contributed by atoms with E-state index in [4.69, 9.17) is 13.9 Å². The van der Waals surface area contributed by atoms with Crippen LogP contribution in [0.2, 0.25) is 0 Å². The Morgan fingerprint density at radius 1 is 1.59 bits per heavy atom. The summed E-state index contributed by atoms with van der Waals surface area (Å²) >= 11 is 0. The summed E-state index contributed by atoms with van der Waals surface area (Å²) in [5, 5.41) is 0. The van der Waals surface area contributed by atoms with Crippen molar-refractivity contribution in [2.75, 3.05) is 13.7 Å². The van der Waals surface area contributed by atoms with Crippen LogP contribution < -0.4 is 0 Å². The maximum Gasteiger partial charge on any atom is 0.360 e. The Morgan fingerprint density at radius 3 is 2.88 bits per heavy atom. The summed E-state index contributed by atoms with van der Waals surface area (Å²) in [5.74, 6) is 0.131. The summed E-state index contributed by atoms with van der Waals surface area (Å²) < 4.78 is 15.7. The Bertz CT molecular complexity index is 389. The van der Waals surface area contributed by atoms with E-state index in [9.17, 15) is 4.79 Å². The molecule has 2 rings (SSSR count). The van der Waals surface area contributed by atoms with Crippen LogP contribution in [-0.4, -0.2) is 30.3 Å². The van der Waals surface area contributed by atoms with Crippen LogP contribution in [-0.2, 0) is 15.9 Å². The van der Waals surface area contributed by atoms with Gasteiger partial charge in [-0.3, -0.25) is 0 Å². The monoisotopic (exact) mass is 239 g/mol. The number of carbonyl (C=O) groups excluding carboxylic acids is 1. The molecule has 0 spiro atoms. The zero-order valence-electron chi connectivity index (χ0n) is 10.2. The molecule has 1 aliphatic rings. The van der Waals surface area contributed by atoms with Crippen molar-refractivity contribution in [1.82, 2.24) is 4.98 Å². The van der Waals surface area contributed by atoms with Gasteiger partial charge in [0.2, 0.25) is 0 Å². The van der Waals surface area contributed by atoms with Gasteiger partial charge in [-0.2, -0.15) is 0 Å². The normalized spacial score (nSPS) is 17.5. The SMILES string of the molecule is CCOC(=O)c1ncoc1CC1(OC)CCC1. The number of oxazole rings is 1. The van der Waals surface area contributed by atoms with E-state index in [1.807, 2.05) is 0 Å². The van der Waals surface area contributed by atoms with Gasteiger partial charge in [-0.15, -0.1) is 0 Å². The largest absolute Gasteiger partial charge is 0.461 e. The Morgan fingerprint density at radius 2 is 2.35 bits per heavy atom. The predicted octanol–water partition coefficient (Wildman–Crippen LogP) is 1.96. The first kappa shape index (κ1) is 12.1. The number of hydrogen-bond acceptors (Lipinski definition) is 5. The van der Waals surface area contributed by atoms with Crippen LogP contribution in [0.1, 0.15) is 42.4 Å². The quantitative estimate of drug-likeness (QED) is 0.735. The van der Waals surface area contributed by atoms with Crippen molar-refractivity contribution in [3.8, 4) is 0 Å². The number of esters is 1. The maximum atomic E-state index is 11.6. The fraction of sp³-hybridized carbons (Fsp3) is 0.667. The van der Waals surface area contributed by atoms with Crippen LogP contribution in [0.5, 0.6) is 0 Å². The summed E-state index contributed by atoms with van der Waals surface area (Å²) in [6.07, 6.45) is 5.00. The van der Waals surface area contributed by atoms with Gasteiger partial charge in [0, 0.05) is 13.5 Å². The van der Waals surface area contributed by atoms with Crippen molar-refractivity contribution in [1.29, 1.82) is 0 Å². The van der Waals surface area contributed by atoms with E-state index in [0.29, 0.717) is 18.8 Å². The van der Waals surface area contributed by atoms with E-state index < -0.39 is 5.97 Å². The molecule has 1 aliphatic carbocycles. The summed E-state index contributed by atoms with van der Waals surface area (Å²) in [7, 11) is 1.69. The number of carbonyl (C=O) groups is 1. The smallest absolute Gasteiger partial charge is 0.360 e. The van der Waals surface area contributed by atoms with Crippen molar-refractivity contribution < 1.29 is 18.7 Å².